The average Bonchev–Trinajstić information content (AvgIpc) is 3.24. The van der Waals surface area contributed by atoms with Gasteiger partial charge in [0.2, 0.25) is 0 Å². The molecule has 136 valence electrons. The standard InChI is InChI=1S/C20H25N5O/c26-20(25-12-4-5-13-25)18-14-19(22-15-21-18)23-16-6-8-17(9-7-16)24-10-2-1-3-11-24/h6-9,14-15H,1-5,10-13H2,(H,21,22,23). The van der Waals surface area contributed by atoms with Crippen molar-refractivity contribution in [2.24, 2.45) is 0 Å². The Kier molecular flexibility index (Phi) is 5.00. The molecule has 1 aromatic carbocycles. The van der Waals surface area contributed by atoms with Crippen LogP contribution in [0.5, 0.6) is 0 Å². The van der Waals surface area contributed by atoms with E-state index < -0.39 is 0 Å². The summed E-state index contributed by atoms with van der Waals surface area (Å²) < 4.78 is 0. The number of aromatic nitrogens is 2. The van der Waals surface area contributed by atoms with E-state index in [0.29, 0.717) is 11.5 Å². The summed E-state index contributed by atoms with van der Waals surface area (Å²) >= 11 is 0. The third-order valence-corrected chi connectivity index (χ3v) is 5.14. The predicted octanol–water partition coefficient (Wildman–Crippen LogP) is 3.45. The van der Waals surface area contributed by atoms with Crippen molar-refractivity contribution in [3.05, 3.63) is 42.4 Å². The van der Waals surface area contributed by atoms with E-state index in [-0.39, 0.29) is 5.91 Å². The van der Waals surface area contributed by atoms with Gasteiger partial charge in [-0.3, -0.25) is 4.79 Å². The Morgan fingerprint density at radius 3 is 2.31 bits per heavy atom. The van der Waals surface area contributed by atoms with Gasteiger partial charge >= 0.3 is 0 Å². The van der Waals surface area contributed by atoms with Crippen LogP contribution >= 0.6 is 0 Å². The molecule has 1 aromatic heterocycles. The Balaban J connectivity index is 1.43. The molecular formula is C20H25N5O. The monoisotopic (exact) mass is 351 g/mol. The Morgan fingerprint density at radius 1 is 0.885 bits per heavy atom. The van der Waals surface area contributed by atoms with Crippen molar-refractivity contribution in [2.75, 3.05) is 36.4 Å². The number of nitrogens with one attached hydrogen (secondary N) is 1. The van der Waals surface area contributed by atoms with Crippen LogP contribution < -0.4 is 10.2 Å². The van der Waals surface area contributed by atoms with Crippen LogP contribution in [0.25, 0.3) is 0 Å². The zero-order chi connectivity index (χ0) is 17.8. The summed E-state index contributed by atoms with van der Waals surface area (Å²) in [7, 11) is 0. The topological polar surface area (TPSA) is 61.4 Å². The second-order valence-electron chi connectivity index (χ2n) is 7.01. The van der Waals surface area contributed by atoms with Crippen molar-refractivity contribution in [2.45, 2.75) is 32.1 Å². The van der Waals surface area contributed by atoms with Crippen LogP contribution in [0.2, 0.25) is 0 Å². The molecule has 0 unspecified atom stereocenters. The van der Waals surface area contributed by atoms with Gasteiger partial charge in [-0.15, -0.1) is 0 Å². The van der Waals surface area contributed by atoms with Crippen molar-refractivity contribution in [3.8, 4) is 0 Å². The summed E-state index contributed by atoms with van der Waals surface area (Å²) in [6, 6.07) is 10.2. The second-order valence-corrected chi connectivity index (χ2v) is 7.01. The number of amides is 1. The van der Waals surface area contributed by atoms with Crippen LogP contribution in [-0.2, 0) is 0 Å². The van der Waals surface area contributed by atoms with E-state index >= 15 is 0 Å². The lowest BCUT2D eigenvalue weighted by molar-refractivity contribution is 0.0787. The number of rotatable bonds is 4. The van der Waals surface area contributed by atoms with Crippen LogP contribution in [-0.4, -0.2) is 47.0 Å². The minimum absolute atomic E-state index is 0.00611. The predicted molar refractivity (Wildman–Crippen MR) is 103 cm³/mol. The number of hydrogen-bond acceptors (Lipinski definition) is 5. The first-order valence-electron chi connectivity index (χ1n) is 9.53. The fraction of sp³-hybridized carbons (Fsp3) is 0.450. The Labute approximate surface area is 154 Å². The van der Waals surface area contributed by atoms with Crippen LogP contribution in [0.3, 0.4) is 0 Å². The van der Waals surface area contributed by atoms with Crippen LogP contribution in [0.4, 0.5) is 17.2 Å². The van der Waals surface area contributed by atoms with E-state index in [2.05, 4.69) is 44.5 Å². The molecule has 0 radical (unpaired) electrons. The smallest absolute Gasteiger partial charge is 0.272 e. The molecule has 0 bridgehead atoms. The van der Waals surface area contributed by atoms with Gasteiger partial charge in [0.1, 0.15) is 17.8 Å². The minimum atomic E-state index is -0.00611. The molecule has 0 atom stereocenters. The number of carbonyl (C=O) groups excluding carboxylic acids is 1. The summed E-state index contributed by atoms with van der Waals surface area (Å²) in [6.07, 6.45) is 7.48. The molecule has 4 rings (SSSR count). The summed E-state index contributed by atoms with van der Waals surface area (Å²) in [4.78, 5) is 25.2. The highest BCUT2D eigenvalue weighted by Crippen LogP contribution is 2.23. The third-order valence-electron chi connectivity index (χ3n) is 5.14. The maximum absolute atomic E-state index is 12.5. The van der Waals surface area contributed by atoms with E-state index in [1.807, 2.05) is 4.90 Å². The van der Waals surface area contributed by atoms with E-state index in [4.69, 9.17) is 0 Å². The van der Waals surface area contributed by atoms with Gasteiger partial charge in [0.05, 0.1) is 0 Å². The second kappa shape index (κ2) is 7.72. The molecule has 2 aliphatic rings. The van der Waals surface area contributed by atoms with Crippen LogP contribution in [0.15, 0.2) is 36.7 Å². The van der Waals surface area contributed by atoms with E-state index in [9.17, 15) is 4.79 Å². The number of carbonyl (C=O) groups is 1. The number of benzene rings is 1. The van der Waals surface area contributed by atoms with Crippen molar-refractivity contribution >= 4 is 23.1 Å². The van der Waals surface area contributed by atoms with E-state index in [0.717, 1.165) is 44.7 Å². The molecular weight excluding hydrogens is 326 g/mol. The summed E-state index contributed by atoms with van der Waals surface area (Å²) in [5.41, 5.74) is 2.68. The molecule has 6 nitrogen and oxygen atoms in total. The molecule has 2 aliphatic heterocycles. The molecule has 6 heteroatoms. The largest absolute Gasteiger partial charge is 0.372 e. The fourth-order valence-corrected chi connectivity index (χ4v) is 3.68. The van der Waals surface area contributed by atoms with Gasteiger partial charge in [-0.25, -0.2) is 9.97 Å². The third kappa shape index (κ3) is 3.79. The van der Waals surface area contributed by atoms with Gasteiger partial charge in [-0.1, -0.05) is 0 Å². The Hall–Kier alpha value is -2.63. The summed E-state index contributed by atoms with van der Waals surface area (Å²) in [5, 5.41) is 3.28. The average molecular weight is 351 g/mol. The van der Waals surface area contributed by atoms with Gasteiger partial charge in [-0.2, -0.15) is 0 Å². The van der Waals surface area contributed by atoms with Gasteiger partial charge in [0, 0.05) is 43.6 Å². The fourth-order valence-electron chi connectivity index (χ4n) is 3.68. The maximum Gasteiger partial charge on any atom is 0.272 e. The molecule has 1 amide bonds. The van der Waals surface area contributed by atoms with Crippen molar-refractivity contribution < 1.29 is 4.79 Å². The lowest BCUT2D eigenvalue weighted by atomic mass is 10.1. The molecule has 2 saturated heterocycles. The number of nitrogens with zero attached hydrogens (tertiary/aromatic N) is 4. The molecule has 2 fully saturated rings. The van der Waals surface area contributed by atoms with Gasteiger partial charge < -0.3 is 15.1 Å². The highest BCUT2D eigenvalue weighted by atomic mass is 16.2. The van der Waals surface area contributed by atoms with Crippen LogP contribution in [0.1, 0.15) is 42.6 Å². The van der Waals surface area contributed by atoms with Crippen LogP contribution in [0, 0.1) is 0 Å². The van der Waals surface area contributed by atoms with Gasteiger partial charge in [-0.05, 0) is 56.4 Å². The molecule has 0 aliphatic carbocycles. The lowest BCUT2D eigenvalue weighted by Crippen LogP contribution is -2.29. The molecule has 26 heavy (non-hydrogen) atoms. The summed E-state index contributed by atoms with van der Waals surface area (Å²) in [5.74, 6) is 0.640. The van der Waals surface area contributed by atoms with Gasteiger partial charge in [0.25, 0.3) is 5.91 Å². The molecule has 2 aromatic rings. The summed E-state index contributed by atoms with van der Waals surface area (Å²) in [6.45, 7) is 3.93. The van der Waals surface area contributed by atoms with Gasteiger partial charge in [0.15, 0.2) is 0 Å². The van der Waals surface area contributed by atoms with Crippen molar-refractivity contribution in [3.63, 3.8) is 0 Å². The highest BCUT2D eigenvalue weighted by Gasteiger charge is 2.21. The van der Waals surface area contributed by atoms with Crippen molar-refractivity contribution in [1.82, 2.24) is 14.9 Å². The first-order valence-corrected chi connectivity index (χ1v) is 9.53. The maximum atomic E-state index is 12.5. The van der Waals surface area contributed by atoms with E-state index in [1.165, 1.54) is 31.3 Å². The van der Waals surface area contributed by atoms with Crippen molar-refractivity contribution in [1.29, 1.82) is 0 Å². The quantitative estimate of drug-likeness (QED) is 0.914. The minimum Gasteiger partial charge on any atom is -0.372 e. The Morgan fingerprint density at radius 2 is 1.58 bits per heavy atom. The SMILES string of the molecule is O=C(c1cc(Nc2ccc(N3CCCCC3)cc2)ncn1)N1CCCC1. The highest BCUT2D eigenvalue weighted by molar-refractivity contribution is 5.93. The molecule has 3 heterocycles. The zero-order valence-corrected chi connectivity index (χ0v) is 15.0. The lowest BCUT2D eigenvalue weighted by Gasteiger charge is -2.28. The normalized spacial score (nSPS) is 17.4. The number of anilines is 3. The first kappa shape index (κ1) is 16.8. The number of hydrogen-bond donors (Lipinski definition) is 1. The molecule has 0 saturated carbocycles. The molecule has 1 N–H and O–H groups in total. The number of piperidine rings is 1. The first-order chi connectivity index (χ1) is 12.8. The zero-order valence-electron chi connectivity index (χ0n) is 15.0. The number of likely N-dealkylation sites (tertiary alicyclic amines) is 1. The Bertz CT molecular complexity index is 749. The molecule has 0 spiro atoms. The van der Waals surface area contributed by atoms with E-state index in [1.54, 1.807) is 6.07 Å².